The monoisotopic (exact) mass is 319 g/mol. The smallest absolute Gasteiger partial charge is 0.266 e. The molecule has 0 N–H and O–H groups in total. The van der Waals surface area contributed by atoms with E-state index in [9.17, 15) is 4.79 Å². The third-order valence-corrected chi connectivity index (χ3v) is 4.43. The van der Waals surface area contributed by atoms with Gasteiger partial charge in [0.2, 0.25) is 0 Å². The van der Waals surface area contributed by atoms with Gasteiger partial charge in [-0.05, 0) is 23.8 Å². The van der Waals surface area contributed by atoms with Crippen molar-refractivity contribution in [2.75, 3.05) is 19.8 Å². The van der Waals surface area contributed by atoms with E-state index in [0.717, 1.165) is 11.3 Å². The molecule has 0 unspecified atom stereocenters. The first-order chi connectivity index (χ1) is 10.2. The zero-order valence-electron chi connectivity index (χ0n) is 11.2. The first kappa shape index (κ1) is 14.2. The molecule has 2 aliphatic heterocycles. The van der Waals surface area contributed by atoms with E-state index in [1.165, 1.54) is 16.7 Å². The Morgan fingerprint density at radius 1 is 1.33 bits per heavy atom. The van der Waals surface area contributed by atoms with Crippen molar-refractivity contribution >= 4 is 40.3 Å². The minimum absolute atomic E-state index is 0.0835. The summed E-state index contributed by atoms with van der Waals surface area (Å²) in [6.45, 7) is 5.17. The number of hydrogen-bond donors (Lipinski definition) is 0. The Kier molecular flexibility index (Phi) is 3.98. The molecule has 21 heavy (non-hydrogen) atoms. The van der Waals surface area contributed by atoms with E-state index in [2.05, 4.69) is 6.58 Å². The van der Waals surface area contributed by atoms with Crippen molar-refractivity contribution < 1.29 is 14.3 Å². The number of carbonyl (C=O) groups excluding carboxylic acids is 1. The van der Waals surface area contributed by atoms with Crippen LogP contribution in [-0.4, -0.2) is 34.9 Å². The van der Waals surface area contributed by atoms with Gasteiger partial charge in [-0.25, -0.2) is 0 Å². The highest BCUT2D eigenvalue weighted by Gasteiger charge is 2.31. The van der Waals surface area contributed by atoms with Crippen LogP contribution in [0.15, 0.2) is 35.8 Å². The van der Waals surface area contributed by atoms with Crippen molar-refractivity contribution in [3.63, 3.8) is 0 Å². The van der Waals surface area contributed by atoms with Gasteiger partial charge in [0.15, 0.2) is 11.5 Å². The first-order valence-electron chi connectivity index (χ1n) is 6.45. The lowest BCUT2D eigenvalue weighted by atomic mass is 10.1. The van der Waals surface area contributed by atoms with Crippen LogP contribution in [0, 0.1) is 0 Å². The molecule has 0 atom stereocenters. The molecule has 0 spiro atoms. The Labute approximate surface area is 132 Å². The van der Waals surface area contributed by atoms with E-state index >= 15 is 0 Å². The molecule has 2 aliphatic rings. The Morgan fingerprint density at radius 3 is 2.86 bits per heavy atom. The van der Waals surface area contributed by atoms with Gasteiger partial charge in [0.1, 0.15) is 17.5 Å². The molecule has 1 aromatic carbocycles. The Morgan fingerprint density at radius 2 is 2.10 bits per heavy atom. The Balaban J connectivity index is 1.87. The second-order valence-corrected chi connectivity index (χ2v) is 6.16. The number of benzene rings is 1. The molecule has 1 saturated heterocycles. The standard InChI is InChI=1S/C15H13NO3S2/c1-2-5-16-14(17)13(21-15(16)20)9-10-3-4-11-12(8-10)19-7-6-18-11/h2-4,8-9H,1,5-7H2/b13-9+. The van der Waals surface area contributed by atoms with Gasteiger partial charge in [0.05, 0.1) is 4.91 Å². The van der Waals surface area contributed by atoms with Crippen molar-refractivity contribution in [2.45, 2.75) is 0 Å². The van der Waals surface area contributed by atoms with Gasteiger partial charge < -0.3 is 9.47 Å². The largest absolute Gasteiger partial charge is 0.486 e. The van der Waals surface area contributed by atoms with E-state index in [1.807, 2.05) is 24.3 Å². The fraction of sp³-hybridized carbons (Fsp3) is 0.200. The average molecular weight is 319 g/mol. The van der Waals surface area contributed by atoms with E-state index in [1.54, 1.807) is 6.08 Å². The topological polar surface area (TPSA) is 38.8 Å². The number of thiocarbonyl (C=S) groups is 1. The SMILES string of the molecule is C=CCN1C(=O)/C(=C\c2ccc3c(c2)OCCO3)SC1=S. The molecule has 0 bridgehead atoms. The van der Waals surface area contributed by atoms with E-state index in [0.29, 0.717) is 34.7 Å². The maximum absolute atomic E-state index is 12.2. The number of fused-ring (bicyclic) bond motifs is 1. The molecule has 4 nitrogen and oxygen atoms in total. The number of thioether (sulfide) groups is 1. The second kappa shape index (κ2) is 5.91. The van der Waals surface area contributed by atoms with Crippen molar-refractivity contribution in [1.82, 2.24) is 4.90 Å². The predicted molar refractivity (Wildman–Crippen MR) is 87.5 cm³/mol. The van der Waals surface area contributed by atoms with E-state index < -0.39 is 0 Å². The highest BCUT2D eigenvalue weighted by molar-refractivity contribution is 8.26. The highest BCUT2D eigenvalue weighted by Crippen LogP contribution is 2.35. The van der Waals surface area contributed by atoms with Crippen LogP contribution in [-0.2, 0) is 4.79 Å². The van der Waals surface area contributed by atoms with Crippen molar-refractivity contribution in [1.29, 1.82) is 0 Å². The Bertz CT molecular complexity index is 654. The van der Waals surface area contributed by atoms with Crippen LogP contribution in [0.2, 0.25) is 0 Å². The third kappa shape index (κ3) is 2.82. The second-order valence-electron chi connectivity index (χ2n) is 4.48. The summed E-state index contributed by atoms with van der Waals surface area (Å²) in [6, 6.07) is 5.62. The van der Waals surface area contributed by atoms with Crippen LogP contribution in [0.25, 0.3) is 6.08 Å². The maximum Gasteiger partial charge on any atom is 0.266 e. The van der Waals surface area contributed by atoms with Gasteiger partial charge in [-0.2, -0.15) is 0 Å². The number of ether oxygens (including phenoxy) is 2. The fourth-order valence-electron chi connectivity index (χ4n) is 2.09. The van der Waals surface area contributed by atoms with Gasteiger partial charge in [-0.1, -0.05) is 36.1 Å². The molecule has 1 fully saturated rings. The molecule has 3 rings (SSSR count). The highest BCUT2D eigenvalue weighted by atomic mass is 32.2. The fourth-order valence-corrected chi connectivity index (χ4v) is 3.36. The summed E-state index contributed by atoms with van der Waals surface area (Å²) in [5.74, 6) is 1.36. The summed E-state index contributed by atoms with van der Waals surface area (Å²) >= 11 is 6.51. The van der Waals surface area contributed by atoms with Crippen molar-refractivity contribution in [3.05, 3.63) is 41.3 Å². The molecule has 6 heteroatoms. The molecule has 0 radical (unpaired) electrons. The normalized spacial score (nSPS) is 19.2. The van der Waals surface area contributed by atoms with Gasteiger partial charge in [0.25, 0.3) is 5.91 Å². The number of nitrogens with zero attached hydrogens (tertiary/aromatic N) is 1. The number of rotatable bonds is 3. The predicted octanol–water partition coefficient (Wildman–Crippen LogP) is 2.85. The number of amides is 1. The van der Waals surface area contributed by atoms with Crippen LogP contribution < -0.4 is 9.47 Å². The van der Waals surface area contributed by atoms with E-state index in [4.69, 9.17) is 21.7 Å². The van der Waals surface area contributed by atoms with Crippen molar-refractivity contribution in [2.24, 2.45) is 0 Å². The molecule has 0 aliphatic carbocycles. The molecule has 1 aromatic rings. The lowest BCUT2D eigenvalue weighted by molar-refractivity contribution is -0.121. The summed E-state index contributed by atoms with van der Waals surface area (Å²) in [7, 11) is 0. The van der Waals surface area contributed by atoms with Crippen LogP contribution in [0.4, 0.5) is 0 Å². The summed E-state index contributed by atoms with van der Waals surface area (Å²) in [6.07, 6.45) is 3.48. The molecule has 0 aromatic heterocycles. The Hall–Kier alpha value is -1.79. The molecular formula is C15H13NO3S2. The molecule has 0 saturated carbocycles. The minimum atomic E-state index is -0.0835. The maximum atomic E-state index is 12.2. The first-order valence-corrected chi connectivity index (χ1v) is 7.67. The average Bonchev–Trinajstić information content (AvgIpc) is 2.75. The lowest BCUT2D eigenvalue weighted by Gasteiger charge is -2.18. The number of carbonyl (C=O) groups is 1. The van der Waals surface area contributed by atoms with Gasteiger partial charge in [0, 0.05) is 6.54 Å². The van der Waals surface area contributed by atoms with Crippen LogP contribution in [0.1, 0.15) is 5.56 Å². The summed E-state index contributed by atoms with van der Waals surface area (Å²) in [5.41, 5.74) is 0.887. The van der Waals surface area contributed by atoms with Crippen LogP contribution in [0.3, 0.4) is 0 Å². The van der Waals surface area contributed by atoms with Gasteiger partial charge in [-0.3, -0.25) is 9.69 Å². The van der Waals surface area contributed by atoms with Crippen molar-refractivity contribution in [3.8, 4) is 11.5 Å². The minimum Gasteiger partial charge on any atom is -0.486 e. The lowest BCUT2D eigenvalue weighted by Crippen LogP contribution is -2.27. The van der Waals surface area contributed by atoms with Crippen LogP contribution >= 0.6 is 24.0 Å². The van der Waals surface area contributed by atoms with Crippen LogP contribution in [0.5, 0.6) is 11.5 Å². The molecular weight excluding hydrogens is 306 g/mol. The van der Waals surface area contributed by atoms with Gasteiger partial charge in [-0.15, -0.1) is 6.58 Å². The number of hydrogen-bond acceptors (Lipinski definition) is 5. The zero-order valence-corrected chi connectivity index (χ0v) is 12.8. The summed E-state index contributed by atoms with van der Waals surface area (Å²) in [4.78, 5) is 14.4. The third-order valence-electron chi connectivity index (χ3n) is 3.05. The summed E-state index contributed by atoms with van der Waals surface area (Å²) < 4.78 is 11.6. The summed E-state index contributed by atoms with van der Waals surface area (Å²) in [5, 5.41) is 0. The zero-order chi connectivity index (χ0) is 14.8. The molecule has 2 heterocycles. The molecule has 108 valence electrons. The van der Waals surface area contributed by atoms with E-state index in [-0.39, 0.29) is 5.91 Å². The van der Waals surface area contributed by atoms with Gasteiger partial charge >= 0.3 is 0 Å². The quantitative estimate of drug-likeness (QED) is 0.487. The molecule has 1 amide bonds.